The number of rotatable bonds is 2. The molecule has 2 saturated heterocycles. The van der Waals surface area contributed by atoms with Crippen molar-refractivity contribution in [3.63, 3.8) is 0 Å². The lowest BCUT2D eigenvalue weighted by Gasteiger charge is -2.27. The van der Waals surface area contributed by atoms with Gasteiger partial charge in [0, 0.05) is 16.1 Å². The van der Waals surface area contributed by atoms with E-state index in [9.17, 15) is 19.2 Å². The Morgan fingerprint density at radius 1 is 0.800 bits per heavy atom. The van der Waals surface area contributed by atoms with Crippen molar-refractivity contribution in [1.29, 1.82) is 0 Å². The summed E-state index contributed by atoms with van der Waals surface area (Å²) >= 11 is 6.06. The van der Waals surface area contributed by atoms with Gasteiger partial charge in [-0.15, -0.1) is 0 Å². The summed E-state index contributed by atoms with van der Waals surface area (Å²) < 4.78 is 6.27. The van der Waals surface area contributed by atoms with Gasteiger partial charge in [0.05, 0.1) is 23.6 Å². The Balaban J connectivity index is 1.55. The average Bonchev–Trinajstić information content (AvgIpc) is 3.39. The zero-order valence-electron chi connectivity index (χ0n) is 18.9. The van der Waals surface area contributed by atoms with Crippen LogP contribution in [0.25, 0.3) is 0 Å². The first-order valence-electron chi connectivity index (χ1n) is 11.3. The maximum Gasteiger partial charge on any atom is 0.241 e. The smallest absolute Gasteiger partial charge is 0.241 e. The fourth-order valence-electron chi connectivity index (χ4n) is 5.80. The number of Topliss-reactive ketones (excluding diaryl/α,β-unsaturated/α-hetero) is 2. The SMILES string of the molecule is Cc1cc(C)cc(N2C(=O)[C@H]3[C@@H](c4ccc(Cl)cc4)OC4(C(=O)c5ccccc5C4=O)[C@@H]3C2=O)c1. The van der Waals surface area contributed by atoms with E-state index in [2.05, 4.69) is 0 Å². The summed E-state index contributed by atoms with van der Waals surface area (Å²) in [5.74, 6) is -4.55. The topological polar surface area (TPSA) is 80.8 Å². The molecule has 3 aromatic carbocycles. The average molecular weight is 486 g/mol. The van der Waals surface area contributed by atoms with E-state index in [1.165, 1.54) is 0 Å². The number of fused-ring (bicyclic) bond motifs is 3. The zero-order valence-corrected chi connectivity index (χ0v) is 19.7. The first-order valence-corrected chi connectivity index (χ1v) is 11.7. The number of hydrogen-bond acceptors (Lipinski definition) is 5. The highest BCUT2D eigenvalue weighted by Crippen LogP contribution is 2.57. The van der Waals surface area contributed by atoms with Crippen LogP contribution in [-0.2, 0) is 14.3 Å². The van der Waals surface area contributed by atoms with E-state index in [4.69, 9.17) is 16.3 Å². The lowest BCUT2D eigenvalue weighted by Crippen LogP contribution is -2.51. The highest BCUT2D eigenvalue weighted by Gasteiger charge is 2.74. The van der Waals surface area contributed by atoms with E-state index in [-0.39, 0.29) is 11.1 Å². The molecule has 0 unspecified atom stereocenters. The third kappa shape index (κ3) is 2.87. The Labute approximate surface area is 206 Å². The van der Waals surface area contributed by atoms with Gasteiger partial charge < -0.3 is 4.74 Å². The zero-order chi connectivity index (χ0) is 24.6. The van der Waals surface area contributed by atoms with Crippen LogP contribution in [0.2, 0.25) is 5.02 Å². The number of benzene rings is 3. The summed E-state index contributed by atoms with van der Waals surface area (Å²) in [6.07, 6.45) is -0.966. The molecule has 2 amide bonds. The largest absolute Gasteiger partial charge is 0.349 e. The van der Waals surface area contributed by atoms with Crippen molar-refractivity contribution in [2.75, 3.05) is 4.90 Å². The first kappa shape index (κ1) is 21.9. The number of anilines is 1. The van der Waals surface area contributed by atoms with Gasteiger partial charge in [-0.1, -0.05) is 54.1 Å². The standard InChI is InChI=1S/C28H20ClNO5/c1-14-11-15(2)13-18(12-14)30-26(33)21-22(27(30)34)28(35-23(21)16-7-9-17(29)10-8-16)24(31)19-5-3-4-6-20(19)25(28)32/h3-13,21-23H,1-2H3/t21-,22+,23-/m1/s1. The minimum absolute atomic E-state index is 0.207. The van der Waals surface area contributed by atoms with Gasteiger partial charge in [0.1, 0.15) is 0 Å². The number of halogens is 1. The van der Waals surface area contributed by atoms with E-state index >= 15 is 0 Å². The highest BCUT2D eigenvalue weighted by atomic mass is 35.5. The van der Waals surface area contributed by atoms with Crippen LogP contribution in [0, 0.1) is 25.7 Å². The molecule has 2 fully saturated rings. The quantitative estimate of drug-likeness (QED) is 0.390. The predicted molar refractivity (Wildman–Crippen MR) is 129 cm³/mol. The van der Waals surface area contributed by atoms with Crippen molar-refractivity contribution < 1.29 is 23.9 Å². The number of carbonyl (C=O) groups excluding carboxylic acids is 4. The summed E-state index contributed by atoms with van der Waals surface area (Å²) in [6, 6.07) is 18.6. The number of aryl methyl sites for hydroxylation is 2. The molecule has 0 N–H and O–H groups in total. The molecular weight excluding hydrogens is 466 g/mol. The molecule has 0 radical (unpaired) electrons. The van der Waals surface area contributed by atoms with Crippen molar-refractivity contribution in [3.8, 4) is 0 Å². The number of hydrogen-bond donors (Lipinski definition) is 0. The van der Waals surface area contributed by atoms with Gasteiger partial charge in [0.2, 0.25) is 29.0 Å². The summed E-state index contributed by atoms with van der Waals surface area (Å²) in [5.41, 5.74) is 1.10. The van der Waals surface area contributed by atoms with Gasteiger partial charge in [-0.3, -0.25) is 19.2 Å². The number of nitrogens with zero attached hydrogens (tertiary/aromatic N) is 1. The number of ketones is 2. The van der Waals surface area contributed by atoms with E-state index in [1.807, 2.05) is 19.9 Å². The monoisotopic (exact) mass is 485 g/mol. The fourth-order valence-corrected chi connectivity index (χ4v) is 5.93. The molecule has 2 aliphatic heterocycles. The van der Waals surface area contributed by atoms with Gasteiger partial charge in [0.15, 0.2) is 0 Å². The molecule has 6 rings (SSSR count). The van der Waals surface area contributed by atoms with Crippen LogP contribution < -0.4 is 4.90 Å². The molecule has 7 heteroatoms. The molecule has 174 valence electrons. The normalized spacial score (nSPS) is 24.4. The third-order valence-corrected chi connectivity index (χ3v) is 7.43. The Bertz CT molecular complexity index is 1410. The van der Waals surface area contributed by atoms with E-state index in [1.54, 1.807) is 60.7 Å². The van der Waals surface area contributed by atoms with Gasteiger partial charge in [-0.25, -0.2) is 4.90 Å². The number of carbonyl (C=O) groups is 4. The Morgan fingerprint density at radius 2 is 1.37 bits per heavy atom. The Hall–Kier alpha value is -3.61. The predicted octanol–water partition coefficient (Wildman–Crippen LogP) is 4.65. The molecule has 6 nitrogen and oxygen atoms in total. The van der Waals surface area contributed by atoms with Gasteiger partial charge >= 0.3 is 0 Å². The molecule has 3 aliphatic rings. The van der Waals surface area contributed by atoms with E-state index < -0.39 is 46.9 Å². The minimum Gasteiger partial charge on any atom is -0.349 e. The van der Waals surface area contributed by atoms with Crippen LogP contribution in [0.5, 0.6) is 0 Å². The maximum absolute atomic E-state index is 14.0. The molecule has 1 spiro atoms. The number of amides is 2. The maximum atomic E-state index is 14.0. The van der Waals surface area contributed by atoms with Crippen molar-refractivity contribution in [2.24, 2.45) is 11.8 Å². The number of imide groups is 1. The van der Waals surface area contributed by atoms with Crippen molar-refractivity contribution in [3.05, 3.63) is 99.6 Å². The van der Waals surface area contributed by atoms with Crippen LogP contribution in [0.1, 0.15) is 43.5 Å². The number of ether oxygens (including phenoxy) is 1. The molecule has 1 aliphatic carbocycles. The summed E-state index contributed by atoms with van der Waals surface area (Å²) in [4.78, 5) is 56.5. The second-order valence-electron chi connectivity index (χ2n) is 9.39. The minimum atomic E-state index is -2.08. The van der Waals surface area contributed by atoms with Gasteiger partial charge in [-0.05, 0) is 54.8 Å². The summed E-state index contributed by atoms with van der Waals surface area (Å²) in [7, 11) is 0. The first-order chi connectivity index (χ1) is 16.7. The molecule has 2 heterocycles. The molecule has 0 aromatic heterocycles. The molecule has 3 atom stereocenters. The van der Waals surface area contributed by atoms with Crippen LogP contribution in [0.3, 0.4) is 0 Å². The second kappa shape index (κ2) is 7.44. The molecule has 0 saturated carbocycles. The molecular formula is C28H20ClNO5. The van der Waals surface area contributed by atoms with Crippen LogP contribution in [0.4, 0.5) is 5.69 Å². The van der Waals surface area contributed by atoms with Gasteiger partial charge in [0.25, 0.3) is 0 Å². The molecule has 35 heavy (non-hydrogen) atoms. The Kier molecular flexibility index (Phi) is 4.66. The van der Waals surface area contributed by atoms with Crippen molar-refractivity contribution in [2.45, 2.75) is 25.6 Å². The highest BCUT2D eigenvalue weighted by molar-refractivity contribution is 6.37. The van der Waals surface area contributed by atoms with Crippen LogP contribution in [-0.4, -0.2) is 29.0 Å². The molecule has 0 bridgehead atoms. The second-order valence-corrected chi connectivity index (χ2v) is 9.83. The summed E-state index contributed by atoms with van der Waals surface area (Å²) in [6.45, 7) is 3.76. The summed E-state index contributed by atoms with van der Waals surface area (Å²) in [5, 5.41) is 0.490. The van der Waals surface area contributed by atoms with Gasteiger partial charge in [-0.2, -0.15) is 0 Å². The van der Waals surface area contributed by atoms with E-state index in [0.29, 0.717) is 16.3 Å². The third-order valence-electron chi connectivity index (χ3n) is 7.18. The lowest BCUT2D eigenvalue weighted by molar-refractivity contribution is -0.127. The van der Waals surface area contributed by atoms with Crippen molar-refractivity contribution >= 4 is 40.7 Å². The van der Waals surface area contributed by atoms with Crippen LogP contribution in [0.15, 0.2) is 66.7 Å². The fraction of sp³-hybridized carbons (Fsp3) is 0.214. The van der Waals surface area contributed by atoms with Crippen LogP contribution >= 0.6 is 11.6 Å². The molecule has 3 aromatic rings. The van der Waals surface area contributed by atoms with Crippen molar-refractivity contribution in [1.82, 2.24) is 0 Å². The van der Waals surface area contributed by atoms with E-state index in [0.717, 1.165) is 16.0 Å². The lowest BCUT2D eigenvalue weighted by atomic mass is 9.77. The Morgan fingerprint density at radius 3 is 1.94 bits per heavy atom.